The van der Waals surface area contributed by atoms with Crippen molar-refractivity contribution >= 4 is 5.97 Å². The zero-order valence-corrected chi connectivity index (χ0v) is 9.85. The van der Waals surface area contributed by atoms with E-state index in [0.717, 1.165) is 12.1 Å². The summed E-state index contributed by atoms with van der Waals surface area (Å²) in [6.07, 6.45) is 0. The third-order valence-corrected chi connectivity index (χ3v) is 2.63. The number of carboxylic acid groups (broad SMARTS) is 1. The number of carboxylic acids is 1. The van der Waals surface area contributed by atoms with E-state index in [1.54, 1.807) is 4.90 Å². The standard InChI is InChI=1S/C12H16FNO3/c1-3-14(4-2)11(12(16)17)8-5-9(13)7-10(15)6-8/h5-7,11,15H,3-4H2,1-2H3,(H,16,17). The molecule has 1 unspecified atom stereocenters. The summed E-state index contributed by atoms with van der Waals surface area (Å²) in [4.78, 5) is 12.9. The van der Waals surface area contributed by atoms with Crippen molar-refractivity contribution in [3.8, 4) is 5.75 Å². The van der Waals surface area contributed by atoms with Gasteiger partial charge in [-0.05, 0) is 30.8 Å². The molecular weight excluding hydrogens is 225 g/mol. The summed E-state index contributed by atoms with van der Waals surface area (Å²) in [6, 6.07) is 2.42. The molecular formula is C12H16FNO3. The highest BCUT2D eigenvalue weighted by atomic mass is 19.1. The first-order valence-electron chi connectivity index (χ1n) is 5.45. The van der Waals surface area contributed by atoms with Crippen molar-refractivity contribution in [3.05, 3.63) is 29.6 Å². The largest absolute Gasteiger partial charge is 0.508 e. The van der Waals surface area contributed by atoms with E-state index in [1.807, 2.05) is 13.8 Å². The number of phenols is 1. The summed E-state index contributed by atoms with van der Waals surface area (Å²) in [5, 5.41) is 18.5. The first-order valence-corrected chi connectivity index (χ1v) is 5.45. The molecule has 0 saturated heterocycles. The Balaban J connectivity index is 3.17. The topological polar surface area (TPSA) is 60.8 Å². The minimum atomic E-state index is -1.06. The predicted molar refractivity (Wildman–Crippen MR) is 61.4 cm³/mol. The fourth-order valence-corrected chi connectivity index (χ4v) is 1.85. The summed E-state index contributed by atoms with van der Waals surface area (Å²) in [6.45, 7) is 4.73. The molecule has 0 radical (unpaired) electrons. The molecule has 94 valence electrons. The van der Waals surface area contributed by atoms with Crippen LogP contribution in [0, 0.1) is 5.82 Å². The second kappa shape index (κ2) is 5.63. The molecule has 0 aliphatic rings. The molecule has 0 fully saturated rings. The summed E-state index contributed by atoms with van der Waals surface area (Å²) >= 11 is 0. The number of likely N-dealkylation sites (N-methyl/N-ethyl adjacent to an activating group) is 1. The predicted octanol–water partition coefficient (Wildman–Crippen LogP) is 2.00. The number of rotatable bonds is 5. The molecule has 17 heavy (non-hydrogen) atoms. The van der Waals surface area contributed by atoms with Crippen LogP contribution in [0.15, 0.2) is 18.2 Å². The summed E-state index contributed by atoms with van der Waals surface area (Å²) in [5.74, 6) is -1.96. The van der Waals surface area contributed by atoms with Gasteiger partial charge in [0.1, 0.15) is 17.6 Å². The van der Waals surface area contributed by atoms with Gasteiger partial charge in [-0.2, -0.15) is 0 Å². The monoisotopic (exact) mass is 241 g/mol. The Morgan fingerprint density at radius 1 is 1.35 bits per heavy atom. The van der Waals surface area contributed by atoms with Gasteiger partial charge >= 0.3 is 5.97 Å². The van der Waals surface area contributed by atoms with Gasteiger partial charge in [0.25, 0.3) is 0 Å². The maximum atomic E-state index is 13.2. The molecule has 0 aliphatic carbocycles. The molecule has 0 saturated carbocycles. The van der Waals surface area contributed by atoms with Crippen molar-refractivity contribution in [2.45, 2.75) is 19.9 Å². The van der Waals surface area contributed by atoms with Gasteiger partial charge in [0.15, 0.2) is 0 Å². The van der Waals surface area contributed by atoms with Gasteiger partial charge in [0, 0.05) is 6.07 Å². The number of aromatic hydroxyl groups is 1. The third-order valence-electron chi connectivity index (χ3n) is 2.63. The Kier molecular flexibility index (Phi) is 4.45. The lowest BCUT2D eigenvalue weighted by atomic mass is 10.0. The van der Waals surface area contributed by atoms with Crippen LogP contribution in [0.25, 0.3) is 0 Å². The number of hydrogen-bond acceptors (Lipinski definition) is 3. The highest BCUT2D eigenvalue weighted by molar-refractivity contribution is 5.75. The minimum Gasteiger partial charge on any atom is -0.508 e. The van der Waals surface area contributed by atoms with Crippen LogP contribution >= 0.6 is 0 Å². The Bertz CT molecular complexity index is 384. The molecule has 1 aromatic rings. The lowest BCUT2D eigenvalue weighted by Crippen LogP contribution is -2.33. The van der Waals surface area contributed by atoms with Gasteiger partial charge in [0.2, 0.25) is 0 Å². The molecule has 0 bridgehead atoms. The molecule has 1 rings (SSSR count). The van der Waals surface area contributed by atoms with Crippen molar-refractivity contribution in [2.24, 2.45) is 0 Å². The fourth-order valence-electron chi connectivity index (χ4n) is 1.85. The second-order valence-electron chi connectivity index (χ2n) is 3.70. The molecule has 0 aromatic heterocycles. The van der Waals surface area contributed by atoms with Crippen molar-refractivity contribution < 1.29 is 19.4 Å². The number of benzene rings is 1. The van der Waals surface area contributed by atoms with Crippen LogP contribution in [0.5, 0.6) is 5.75 Å². The molecule has 1 aromatic carbocycles. The van der Waals surface area contributed by atoms with E-state index >= 15 is 0 Å². The van der Waals surface area contributed by atoms with E-state index in [1.165, 1.54) is 6.07 Å². The maximum absolute atomic E-state index is 13.2. The molecule has 5 heteroatoms. The fraction of sp³-hybridized carbons (Fsp3) is 0.417. The van der Waals surface area contributed by atoms with Gasteiger partial charge in [-0.25, -0.2) is 4.39 Å². The first kappa shape index (κ1) is 13.4. The molecule has 2 N–H and O–H groups in total. The van der Waals surface area contributed by atoms with Gasteiger partial charge in [0.05, 0.1) is 0 Å². The summed E-state index contributed by atoms with van der Waals surface area (Å²) in [5.41, 5.74) is 0.249. The van der Waals surface area contributed by atoms with Crippen LogP contribution < -0.4 is 0 Å². The van der Waals surface area contributed by atoms with Crippen molar-refractivity contribution in [1.82, 2.24) is 4.90 Å². The second-order valence-corrected chi connectivity index (χ2v) is 3.70. The van der Waals surface area contributed by atoms with Gasteiger partial charge in [-0.1, -0.05) is 13.8 Å². The average Bonchev–Trinajstić information content (AvgIpc) is 2.23. The number of nitrogens with zero attached hydrogens (tertiary/aromatic N) is 1. The van der Waals surface area contributed by atoms with Crippen LogP contribution in [0.3, 0.4) is 0 Å². The number of phenolic OH excluding ortho intramolecular Hbond substituents is 1. The normalized spacial score (nSPS) is 12.7. The van der Waals surface area contributed by atoms with Gasteiger partial charge in [-0.15, -0.1) is 0 Å². The zero-order chi connectivity index (χ0) is 13.0. The van der Waals surface area contributed by atoms with Crippen molar-refractivity contribution in [2.75, 3.05) is 13.1 Å². The van der Waals surface area contributed by atoms with Crippen molar-refractivity contribution in [3.63, 3.8) is 0 Å². The van der Waals surface area contributed by atoms with E-state index in [2.05, 4.69) is 0 Å². The minimum absolute atomic E-state index is 0.249. The molecule has 0 aliphatic heterocycles. The SMILES string of the molecule is CCN(CC)C(C(=O)O)c1cc(O)cc(F)c1. The average molecular weight is 241 g/mol. The first-order chi connectivity index (χ1) is 7.99. The van der Waals surface area contributed by atoms with Crippen LogP contribution in [0.1, 0.15) is 25.5 Å². The lowest BCUT2D eigenvalue weighted by molar-refractivity contribution is -0.143. The highest BCUT2D eigenvalue weighted by Crippen LogP contribution is 2.25. The zero-order valence-electron chi connectivity index (χ0n) is 9.85. The van der Waals surface area contributed by atoms with E-state index in [4.69, 9.17) is 0 Å². The Morgan fingerprint density at radius 3 is 2.35 bits per heavy atom. The van der Waals surface area contributed by atoms with E-state index < -0.39 is 17.8 Å². The van der Waals surface area contributed by atoms with Crippen LogP contribution in [-0.4, -0.2) is 34.2 Å². The number of aliphatic carboxylic acids is 1. The number of carbonyl (C=O) groups is 1. The number of halogens is 1. The van der Waals surface area contributed by atoms with E-state index in [9.17, 15) is 19.4 Å². The third kappa shape index (κ3) is 3.17. The highest BCUT2D eigenvalue weighted by Gasteiger charge is 2.26. The van der Waals surface area contributed by atoms with Crippen molar-refractivity contribution in [1.29, 1.82) is 0 Å². The Morgan fingerprint density at radius 2 is 1.94 bits per heavy atom. The molecule has 1 atom stereocenters. The smallest absolute Gasteiger partial charge is 0.325 e. The molecule has 0 heterocycles. The molecule has 0 spiro atoms. The Hall–Kier alpha value is -1.62. The van der Waals surface area contributed by atoms with E-state index in [-0.39, 0.29) is 11.3 Å². The lowest BCUT2D eigenvalue weighted by Gasteiger charge is -2.26. The van der Waals surface area contributed by atoms with Crippen LogP contribution in [-0.2, 0) is 4.79 Å². The van der Waals surface area contributed by atoms with Gasteiger partial charge < -0.3 is 10.2 Å². The maximum Gasteiger partial charge on any atom is 0.325 e. The van der Waals surface area contributed by atoms with Crippen LogP contribution in [0.2, 0.25) is 0 Å². The molecule has 4 nitrogen and oxygen atoms in total. The van der Waals surface area contributed by atoms with E-state index in [0.29, 0.717) is 13.1 Å². The Labute approximate surface area is 99.3 Å². The van der Waals surface area contributed by atoms with Crippen LogP contribution in [0.4, 0.5) is 4.39 Å². The summed E-state index contributed by atoms with van der Waals surface area (Å²) in [7, 11) is 0. The quantitative estimate of drug-likeness (QED) is 0.827. The summed E-state index contributed by atoms with van der Waals surface area (Å²) < 4.78 is 13.2. The van der Waals surface area contributed by atoms with Gasteiger partial charge in [-0.3, -0.25) is 9.69 Å². The number of hydrogen-bond donors (Lipinski definition) is 2. The molecule has 0 amide bonds.